The van der Waals surface area contributed by atoms with Gasteiger partial charge in [-0.2, -0.15) is 0 Å². The lowest BCUT2D eigenvalue weighted by molar-refractivity contribution is -0.140. The Bertz CT molecular complexity index is 1180. The van der Waals surface area contributed by atoms with Crippen LogP contribution in [0.5, 0.6) is 0 Å². The highest BCUT2D eigenvalue weighted by Gasteiger charge is 2.29. The predicted molar refractivity (Wildman–Crippen MR) is 142 cm³/mol. The van der Waals surface area contributed by atoms with E-state index in [1.54, 1.807) is 48.2 Å². The lowest BCUT2D eigenvalue weighted by atomic mass is 10.1. The summed E-state index contributed by atoms with van der Waals surface area (Å²) in [5, 5.41) is 3.52. The molecule has 0 spiro atoms. The number of hydrogen-bond acceptors (Lipinski definition) is 5. The molecule has 1 heterocycles. The zero-order valence-corrected chi connectivity index (χ0v) is 22.6. The molecule has 0 unspecified atom stereocenters. The normalized spacial score (nSPS) is 18.4. The van der Waals surface area contributed by atoms with Crippen LogP contribution >= 0.6 is 11.6 Å². The molecule has 1 aliphatic heterocycles. The van der Waals surface area contributed by atoms with Crippen LogP contribution in [-0.4, -0.2) is 56.5 Å². The van der Waals surface area contributed by atoms with Gasteiger partial charge in [-0.25, -0.2) is 13.1 Å². The first-order chi connectivity index (χ1) is 17.7. The quantitative estimate of drug-likeness (QED) is 0.423. The Morgan fingerprint density at radius 1 is 1.05 bits per heavy atom. The number of hydrogen-bond donors (Lipinski definition) is 2. The number of nitrogens with one attached hydrogen (secondary N) is 2. The number of rotatable bonds is 12. The van der Waals surface area contributed by atoms with E-state index in [1.807, 2.05) is 12.1 Å². The van der Waals surface area contributed by atoms with Crippen molar-refractivity contribution in [3.05, 3.63) is 64.7 Å². The maximum absolute atomic E-state index is 13.3. The molecule has 10 heteroatoms. The molecule has 1 saturated carbocycles. The summed E-state index contributed by atoms with van der Waals surface area (Å²) < 4.78 is 33.0. The van der Waals surface area contributed by atoms with Crippen molar-refractivity contribution in [2.75, 3.05) is 13.2 Å². The zero-order valence-electron chi connectivity index (χ0n) is 21.0. The van der Waals surface area contributed by atoms with Crippen LogP contribution in [-0.2, 0) is 37.3 Å². The molecule has 2 amide bonds. The van der Waals surface area contributed by atoms with Crippen molar-refractivity contribution in [1.82, 2.24) is 14.9 Å². The van der Waals surface area contributed by atoms with Gasteiger partial charge >= 0.3 is 0 Å². The third-order valence-electron chi connectivity index (χ3n) is 6.72. The summed E-state index contributed by atoms with van der Waals surface area (Å²) in [7, 11) is -3.52. The van der Waals surface area contributed by atoms with E-state index in [1.165, 1.54) is 0 Å². The van der Waals surface area contributed by atoms with Crippen molar-refractivity contribution >= 4 is 33.4 Å². The lowest BCUT2D eigenvalue weighted by Gasteiger charge is -2.29. The third kappa shape index (κ3) is 8.01. The molecule has 200 valence electrons. The molecule has 1 aliphatic carbocycles. The van der Waals surface area contributed by atoms with Crippen molar-refractivity contribution in [2.45, 2.75) is 75.1 Å². The standard InChI is InChI=1S/C27H34ClN3O5S/c1-19(27(33)29-17-24-3-2-16-36-24)31(18-21-4-9-22(28)10-5-21)26(32)15-8-20-6-13-25(14-7-20)37(34,35)30-23-11-12-23/h4-7,9-10,13-14,19,23-24,30H,2-3,8,11-12,15-18H2,1H3,(H,29,33)/t19-,24+/m1/s1. The summed E-state index contributed by atoms with van der Waals surface area (Å²) in [5.41, 5.74) is 1.72. The lowest BCUT2D eigenvalue weighted by Crippen LogP contribution is -2.49. The molecule has 2 aromatic carbocycles. The Morgan fingerprint density at radius 3 is 2.35 bits per heavy atom. The number of sulfonamides is 1. The Labute approximate surface area is 223 Å². The highest BCUT2D eigenvalue weighted by molar-refractivity contribution is 7.89. The number of benzene rings is 2. The summed E-state index contributed by atoms with van der Waals surface area (Å²) in [4.78, 5) is 28.1. The van der Waals surface area contributed by atoms with E-state index >= 15 is 0 Å². The second kappa shape index (κ2) is 12.4. The first-order valence-electron chi connectivity index (χ1n) is 12.8. The molecule has 37 heavy (non-hydrogen) atoms. The minimum atomic E-state index is -3.52. The summed E-state index contributed by atoms with van der Waals surface area (Å²) in [6, 6.07) is 13.2. The summed E-state index contributed by atoms with van der Waals surface area (Å²) in [5.74, 6) is -0.391. The molecular weight excluding hydrogens is 514 g/mol. The van der Waals surface area contributed by atoms with Crippen LogP contribution in [0, 0.1) is 0 Å². The van der Waals surface area contributed by atoms with Crippen LogP contribution in [0.4, 0.5) is 0 Å². The summed E-state index contributed by atoms with van der Waals surface area (Å²) in [6.45, 7) is 3.14. The maximum Gasteiger partial charge on any atom is 0.242 e. The smallest absolute Gasteiger partial charge is 0.242 e. The maximum atomic E-state index is 13.3. The first kappa shape index (κ1) is 27.6. The van der Waals surface area contributed by atoms with E-state index in [4.69, 9.17) is 16.3 Å². The average Bonchev–Trinajstić information content (AvgIpc) is 3.53. The third-order valence-corrected chi connectivity index (χ3v) is 8.51. The van der Waals surface area contributed by atoms with Crippen LogP contribution in [0.3, 0.4) is 0 Å². The van der Waals surface area contributed by atoms with Crippen LogP contribution in [0.25, 0.3) is 0 Å². The monoisotopic (exact) mass is 547 g/mol. The molecule has 2 atom stereocenters. The van der Waals surface area contributed by atoms with Crippen molar-refractivity contribution in [2.24, 2.45) is 0 Å². The molecule has 2 aromatic rings. The van der Waals surface area contributed by atoms with E-state index < -0.39 is 16.1 Å². The van der Waals surface area contributed by atoms with Gasteiger partial charge in [0.2, 0.25) is 21.8 Å². The molecule has 4 rings (SSSR count). The van der Waals surface area contributed by atoms with Crippen molar-refractivity contribution in [3.63, 3.8) is 0 Å². The minimum absolute atomic E-state index is 0.0165. The number of halogens is 1. The van der Waals surface area contributed by atoms with Gasteiger partial charge in [0.15, 0.2) is 0 Å². The molecule has 2 fully saturated rings. The topological polar surface area (TPSA) is 105 Å². The van der Waals surface area contributed by atoms with Crippen LogP contribution in [0.1, 0.15) is 50.2 Å². The van der Waals surface area contributed by atoms with Crippen LogP contribution in [0.15, 0.2) is 53.4 Å². The van der Waals surface area contributed by atoms with Crippen LogP contribution in [0.2, 0.25) is 5.02 Å². The molecule has 1 saturated heterocycles. The second-order valence-electron chi connectivity index (χ2n) is 9.74. The largest absolute Gasteiger partial charge is 0.376 e. The fraction of sp³-hybridized carbons (Fsp3) is 0.481. The Morgan fingerprint density at radius 2 is 1.73 bits per heavy atom. The molecule has 2 N–H and O–H groups in total. The SMILES string of the molecule is C[C@H](C(=O)NC[C@@H]1CCCO1)N(Cc1ccc(Cl)cc1)C(=O)CCc1ccc(S(=O)(=O)NC2CC2)cc1. The zero-order chi connectivity index (χ0) is 26.4. The van der Waals surface area contributed by atoms with E-state index in [-0.39, 0.29) is 41.8 Å². The Balaban J connectivity index is 1.39. The average molecular weight is 548 g/mol. The van der Waals surface area contributed by atoms with Gasteiger partial charge in [-0.3, -0.25) is 9.59 Å². The fourth-order valence-electron chi connectivity index (χ4n) is 4.26. The minimum Gasteiger partial charge on any atom is -0.376 e. The molecule has 0 radical (unpaired) electrons. The predicted octanol–water partition coefficient (Wildman–Crippen LogP) is 3.43. The fourth-order valence-corrected chi connectivity index (χ4v) is 5.69. The second-order valence-corrected chi connectivity index (χ2v) is 11.9. The van der Waals surface area contributed by atoms with Gasteiger partial charge in [-0.1, -0.05) is 35.9 Å². The van der Waals surface area contributed by atoms with E-state index in [9.17, 15) is 18.0 Å². The van der Waals surface area contributed by atoms with Gasteiger partial charge in [0.1, 0.15) is 6.04 Å². The molecule has 0 aromatic heterocycles. The van der Waals surface area contributed by atoms with E-state index in [0.717, 1.165) is 36.8 Å². The number of nitrogens with zero attached hydrogens (tertiary/aromatic N) is 1. The summed E-state index contributed by atoms with van der Waals surface area (Å²) in [6.07, 6.45) is 4.27. The molecule has 0 bridgehead atoms. The highest BCUT2D eigenvalue weighted by atomic mass is 35.5. The number of aryl methyl sites for hydroxylation is 1. The van der Waals surface area contributed by atoms with Gasteiger partial charge in [0, 0.05) is 37.2 Å². The Hall–Kier alpha value is -2.46. The number of ether oxygens (including phenoxy) is 1. The Kier molecular flexibility index (Phi) is 9.23. The number of carbonyl (C=O) groups excluding carboxylic acids is 2. The van der Waals surface area contributed by atoms with Gasteiger partial charge < -0.3 is 15.0 Å². The first-order valence-corrected chi connectivity index (χ1v) is 14.6. The molecule has 8 nitrogen and oxygen atoms in total. The highest BCUT2D eigenvalue weighted by Crippen LogP contribution is 2.23. The van der Waals surface area contributed by atoms with Gasteiger partial charge in [-0.15, -0.1) is 0 Å². The van der Waals surface area contributed by atoms with Crippen molar-refractivity contribution in [3.8, 4) is 0 Å². The van der Waals surface area contributed by atoms with Crippen molar-refractivity contribution in [1.29, 1.82) is 0 Å². The van der Waals surface area contributed by atoms with Gasteiger partial charge in [0.05, 0.1) is 11.0 Å². The van der Waals surface area contributed by atoms with Crippen LogP contribution < -0.4 is 10.0 Å². The summed E-state index contributed by atoms with van der Waals surface area (Å²) >= 11 is 6.01. The number of amides is 2. The van der Waals surface area contributed by atoms with Gasteiger partial charge in [-0.05, 0) is 74.4 Å². The number of carbonyl (C=O) groups is 2. The molecular formula is C27H34ClN3O5S. The van der Waals surface area contributed by atoms with Crippen molar-refractivity contribution < 1.29 is 22.7 Å². The molecule has 2 aliphatic rings. The van der Waals surface area contributed by atoms with E-state index in [2.05, 4.69) is 10.0 Å². The van der Waals surface area contributed by atoms with Gasteiger partial charge in [0.25, 0.3) is 0 Å². The van der Waals surface area contributed by atoms with E-state index in [0.29, 0.717) is 24.6 Å².